The zero-order valence-corrected chi connectivity index (χ0v) is 15.1. The van der Waals surface area contributed by atoms with Crippen molar-refractivity contribution >= 4 is 12.0 Å². The molecule has 1 N–H and O–H groups in total. The summed E-state index contributed by atoms with van der Waals surface area (Å²) in [5.41, 5.74) is -0.900. The number of likely N-dealkylation sites (tertiary alicyclic amines) is 1. The normalized spacial score (nSPS) is 22.3. The number of nitrogens with one attached hydrogen (secondary N) is 1. The molecule has 2 fully saturated rings. The highest BCUT2D eigenvalue weighted by Gasteiger charge is 2.43. The maximum Gasteiger partial charge on any atom is 0.417 e. The molecule has 0 bridgehead atoms. The Balaban J connectivity index is 1.55. The van der Waals surface area contributed by atoms with E-state index in [0.29, 0.717) is 19.7 Å². The minimum absolute atomic E-state index is 0.152. The lowest BCUT2D eigenvalue weighted by Gasteiger charge is -2.38. The third-order valence-corrected chi connectivity index (χ3v) is 5.17. The molecule has 0 aromatic heterocycles. The number of ether oxygens (including phenoxy) is 1. The summed E-state index contributed by atoms with van der Waals surface area (Å²) in [6, 6.07) is 0.152. The predicted octanol–water partition coefficient (Wildman–Crippen LogP) is 2.84. The number of rotatable bonds is 4. The molecule has 2 amide bonds. The van der Waals surface area contributed by atoms with Gasteiger partial charge in [-0.1, -0.05) is 0 Å². The van der Waals surface area contributed by atoms with Gasteiger partial charge in [-0.05, 0) is 44.4 Å². The third-order valence-electron chi connectivity index (χ3n) is 5.17. The summed E-state index contributed by atoms with van der Waals surface area (Å²) in [5.74, 6) is -0.458. The molecule has 3 aliphatic rings. The Bertz CT molecular complexity index is 632. The molecule has 0 aromatic carbocycles. The maximum atomic E-state index is 15.0. The summed E-state index contributed by atoms with van der Waals surface area (Å²) >= 11 is 0. The number of piperidine rings is 1. The van der Waals surface area contributed by atoms with Crippen molar-refractivity contribution in [2.45, 2.75) is 50.7 Å². The van der Waals surface area contributed by atoms with Crippen molar-refractivity contribution in [3.63, 3.8) is 0 Å². The molecule has 1 saturated heterocycles. The lowest BCUT2D eigenvalue weighted by Crippen LogP contribution is -2.54. The predicted molar refractivity (Wildman–Crippen MR) is 95.7 cm³/mol. The number of amides is 2. The molecule has 2 heterocycles. The Morgan fingerprint density at radius 1 is 1.31 bits per heavy atom. The number of allylic oxidation sites excluding steroid dienone is 3. The first-order valence-corrected chi connectivity index (χ1v) is 9.28. The number of carbonyl (C=O) groups excluding carboxylic acids is 2. The molecule has 0 atom stereocenters. The van der Waals surface area contributed by atoms with Crippen LogP contribution in [0.2, 0.25) is 0 Å². The standard InChI is InChI=1S/C19H26FN3O3/c1-2-26-18(25)23-11-4-7-16(8-12-23)22-13-9-19(20,10-14-22)17(24)21-15-5-3-6-15/h4,7-8,11-12,15H,2-3,5-6,9-10,13-14H2,1H3,(H,21,24). The second kappa shape index (κ2) is 7.93. The van der Waals surface area contributed by atoms with Crippen molar-refractivity contribution in [1.29, 1.82) is 0 Å². The second-order valence-electron chi connectivity index (χ2n) is 6.91. The van der Waals surface area contributed by atoms with Crippen LogP contribution in [-0.2, 0) is 9.53 Å². The number of halogens is 1. The molecular formula is C19H26FN3O3. The Labute approximate surface area is 153 Å². The molecule has 0 unspecified atom stereocenters. The van der Waals surface area contributed by atoms with Crippen molar-refractivity contribution in [3.05, 3.63) is 36.3 Å². The van der Waals surface area contributed by atoms with Gasteiger partial charge in [-0.25, -0.2) is 9.18 Å². The summed E-state index contributed by atoms with van der Waals surface area (Å²) in [5, 5.41) is 2.83. The highest BCUT2D eigenvalue weighted by atomic mass is 19.1. The van der Waals surface area contributed by atoms with Gasteiger partial charge in [-0.15, -0.1) is 0 Å². The van der Waals surface area contributed by atoms with E-state index in [1.807, 2.05) is 11.0 Å². The molecular weight excluding hydrogens is 337 g/mol. The van der Waals surface area contributed by atoms with Gasteiger partial charge >= 0.3 is 6.09 Å². The van der Waals surface area contributed by atoms with Crippen molar-refractivity contribution < 1.29 is 18.7 Å². The second-order valence-corrected chi connectivity index (χ2v) is 6.91. The van der Waals surface area contributed by atoms with Crippen molar-refractivity contribution in [2.24, 2.45) is 0 Å². The molecule has 1 aliphatic carbocycles. The minimum atomic E-state index is -1.78. The first kappa shape index (κ1) is 18.5. The summed E-state index contributed by atoms with van der Waals surface area (Å²) in [6.45, 7) is 2.98. The van der Waals surface area contributed by atoms with Gasteiger partial charge in [0.05, 0.1) is 6.61 Å². The molecule has 1 saturated carbocycles. The number of carbonyl (C=O) groups is 2. The van der Waals surface area contributed by atoms with Crippen LogP contribution in [0.25, 0.3) is 0 Å². The van der Waals surface area contributed by atoms with E-state index >= 15 is 4.39 Å². The average molecular weight is 363 g/mol. The Hall–Kier alpha value is -2.31. The van der Waals surface area contributed by atoms with Gasteiger partial charge in [-0.3, -0.25) is 9.69 Å². The van der Waals surface area contributed by atoms with E-state index in [1.165, 1.54) is 4.90 Å². The minimum Gasteiger partial charge on any atom is -0.449 e. The monoisotopic (exact) mass is 363 g/mol. The van der Waals surface area contributed by atoms with E-state index in [2.05, 4.69) is 5.32 Å². The van der Waals surface area contributed by atoms with Crippen molar-refractivity contribution in [2.75, 3.05) is 19.7 Å². The number of alkyl halides is 1. The van der Waals surface area contributed by atoms with Crippen LogP contribution < -0.4 is 5.32 Å². The van der Waals surface area contributed by atoms with E-state index in [1.54, 1.807) is 31.5 Å². The smallest absolute Gasteiger partial charge is 0.417 e. The summed E-state index contributed by atoms with van der Waals surface area (Å²) < 4.78 is 20.0. The molecule has 3 rings (SSSR count). The first-order chi connectivity index (χ1) is 12.5. The number of nitrogens with zero attached hydrogens (tertiary/aromatic N) is 2. The van der Waals surface area contributed by atoms with E-state index in [-0.39, 0.29) is 18.9 Å². The van der Waals surface area contributed by atoms with Crippen LogP contribution in [0.5, 0.6) is 0 Å². The van der Waals surface area contributed by atoms with Crippen molar-refractivity contribution in [3.8, 4) is 0 Å². The molecule has 26 heavy (non-hydrogen) atoms. The van der Waals surface area contributed by atoms with Crippen molar-refractivity contribution in [1.82, 2.24) is 15.1 Å². The van der Waals surface area contributed by atoms with Crippen LogP contribution in [0.4, 0.5) is 9.18 Å². The van der Waals surface area contributed by atoms with Crippen LogP contribution >= 0.6 is 0 Å². The summed E-state index contributed by atoms with van der Waals surface area (Å²) in [6.07, 6.45) is 11.6. The first-order valence-electron chi connectivity index (χ1n) is 9.28. The Kier molecular flexibility index (Phi) is 5.64. The number of hydrogen-bond donors (Lipinski definition) is 1. The average Bonchev–Trinajstić information content (AvgIpc) is 2.85. The van der Waals surface area contributed by atoms with Crippen LogP contribution in [0.3, 0.4) is 0 Å². The molecule has 6 nitrogen and oxygen atoms in total. The van der Waals surface area contributed by atoms with E-state index in [4.69, 9.17) is 4.74 Å². The topological polar surface area (TPSA) is 61.9 Å². The van der Waals surface area contributed by atoms with Gasteiger partial charge in [0.25, 0.3) is 5.91 Å². The van der Waals surface area contributed by atoms with E-state index in [0.717, 1.165) is 25.0 Å². The molecule has 0 spiro atoms. The van der Waals surface area contributed by atoms with Crippen LogP contribution in [-0.4, -0.2) is 53.2 Å². The fourth-order valence-corrected chi connectivity index (χ4v) is 3.24. The quantitative estimate of drug-likeness (QED) is 0.834. The van der Waals surface area contributed by atoms with Crippen LogP contribution in [0.15, 0.2) is 36.3 Å². The third kappa shape index (κ3) is 4.08. The van der Waals surface area contributed by atoms with Gasteiger partial charge in [0.15, 0.2) is 5.67 Å². The molecule has 2 aliphatic heterocycles. The summed E-state index contributed by atoms with van der Waals surface area (Å²) in [4.78, 5) is 27.4. The van der Waals surface area contributed by atoms with Gasteiger partial charge in [0, 0.05) is 50.1 Å². The van der Waals surface area contributed by atoms with E-state index in [9.17, 15) is 9.59 Å². The maximum absolute atomic E-state index is 15.0. The molecule has 142 valence electrons. The van der Waals surface area contributed by atoms with Crippen LogP contribution in [0, 0.1) is 0 Å². The highest BCUT2D eigenvalue weighted by Crippen LogP contribution is 2.30. The largest absolute Gasteiger partial charge is 0.449 e. The van der Waals surface area contributed by atoms with Gasteiger partial charge in [0.2, 0.25) is 0 Å². The SMILES string of the molecule is CCOC(=O)N1C=CC=C(N2CCC(F)(C(=O)NC3CCC3)CC2)C=C1. The Morgan fingerprint density at radius 3 is 2.65 bits per heavy atom. The lowest BCUT2D eigenvalue weighted by molar-refractivity contribution is -0.137. The molecule has 0 aromatic rings. The zero-order valence-electron chi connectivity index (χ0n) is 15.1. The van der Waals surface area contributed by atoms with Gasteiger partial charge < -0.3 is 15.0 Å². The Morgan fingerprint density at radius 2 is 2.04 bits per heavy atom. The lowest BCUT2D eigenvalue weighted by atomic mass is 9.88. The zero-order chi connectivity index (χ0) is 18.6. The highest BCUT2D eigenvalue weighted by molar-refractivity contribution is 5.85. The van der Waals surface area contributed by atoms with Gasteiger partial charge in [0.1, 0.15) is 0 Å². The van der Waals surface area contributed by atoms with E-state index < -0.39 is 17.7 Å². The fraction of sp³-hybridized carbons (Fsp3) is 0.579. The fourth-order valence-electron chi connectivity index (χ4n) is 3.24. The summed E-state index contributed by atoms with van der Waals surface area (Å²) in [7, 11) is 0. The number of hydrogen-bond acceptors (Lipinski definition) is 4. The van der Waals surface area contributed by atoms with Crippen LogP contribution in [0.1, 0.15) is 39.0 Å². The van der Waals surface area contributed by atoms with Gasteiger partial charge in [-0.2, -0.15) is 0 Å². The molecule has 0 radical (unpaired) electrons. The molecule has 7 heteroatoms.